The van der Waals surface area contributed by atoms with Crippen molar-refractivity contribution in [2.75, 3.05) is 23.9 Å². The number of methoxy groups -OCH3 is 1. The second-order valence-corrected chi connectivity index (χ2v) is 6.65. The fourth-order valence-electron chi connectivity index (χ4n) is 2.21. The summed E-state index contributed by atoms with van der Waals surface area (Å²) in [6.07, 6.45) is 0.706. The summed E-state index contributed by atoms with van der Waals surface area (Å²) in [5, 5.41) is 2.91. The average Bonchev–Trinajstić information content (AvgIpc) is 2.60. The normalized spacial score (nSPS) is 9.88. The lowest BCUT2D eigenvalue weighted by atomic mass is 10.1. The molecule has 1 amide bonds. The standard InChI is InChI=1S/C19H22N2O3S.ClH/c1-24-19(23)9-10-25-13-15-3-2-4-17(11-15)21-18(22)12-14-5-7-16(20)8-6-14;/h2-8,11H,9-10,12-13,20H2,1H3,(H,21,22);1H. The molecule has 7 heteroatoms. The average molecular weight is 395 g/mol. The summed E-state index contributed by atoms with van der Waals surface area (Å²) in [7, 11) is 1.39. The molecule has 26 heavy (non-hydrogen) atoms. The first-order valence-corrected chi connectivity index (χ1v) is 9.10. The number of esters is 1. The number of thioether (sulfide) groups is 1. The highest BCUT2D eigenvalue weighted by Gasteiger charge is 2.05. The van der Waals surface area contributed by atoms with Crippen molar-refractivity contribution in [2.45, 2.75) is 18.6 Å². The zero-order valence-electron chi connectivity index (χ0n) is 14.6. The van der Waals surface area contributed by atoms with Gasteiger partial charge in [0.05, 0.1) is 20.0 Å². The van der Waals surface area contributed by atoms with Crippen molar-refractivity contribution in [3.05, 3.63) is 59.7 Å². The van der Waals surface area contributed by atoms with Gasteiger partial charge in [0, 0.05) is 22.9 Å². The summed E-state index contributed by atoms with van der Waals surface area (Å²) in [5.74, 6) is 1.22. The van der Waals surface area contributed by atoms with Crippen molar-refractivity contribution in [1.29, 1.82) is 0 Å². The monoisotopic (exact) mass is 394 g/mol. The topological polar surface area (TPSA) is 81.4 Å². The van der Waals surface area contributed by atoms with E-state index in [-0.39, 0.29) is 24.3 Å². The minimum atomic E-state index is -0.198. The molecule has 2 aromatic rings. The van der Waals surface area contributed by atoms with Gasteiger partial charge in [0.25, 0.3) is 0 Å². The Balaban J connectivity index is 0.00000338. The zero-order valence-corrected chi connectivity index (χ0v) is 16.2. The number of nitrogens with one attached hydrogen (secondary N) is 1. The molecule has 2 rings (SSSR count). The van der Waals surface area contributed by atoms with Crippen molar-refractivity contribution in [3.8, 4) is 0 Å². The number of carbonyl (C=O) groups excluding carboxylic acids is 2. The Morgan fingerprint density at radius 2 is 1.85 bits per heavy atom. The van der Waals surface area contributed by atoms with E-state index in [4.69, 9.17) is 5.73 Å². The van der Waals surface area contributed by atoms with Gasteiger partial charge < -0.3 is 15.8 Å². The van der Waals surface area contributed by atoms with E-state index in [9.17, 15) is 9.59 Å². The molecule has 5 nitrogen and oxygen atoms in total. The van der Waals surface area contributed by atoms with Crippen molar-refractivity contribution < 1.29 is 14.3 Å². The van der Waals surface area contributed by atoms with Gasteiger partial charge in [-0.15, -0.1) is 12.4 Å². The molecule has 0 radical (unpaired) electrons. The largest absolute Gasteiger partial charge is 0.469 e. The van der Waals surface area contributed by atoms with Crippen molar-refractivity contribution in [2.24, 2.45) is 0 Å². The lowest BCUT2D eigenvalue weighted by Crippen LogP contribution is -2.14. The first kappa shape index (κ1) is 21.9. The van der Waals surface area contributed by atoms with Gasteiger partial charge in [0.2, 0.25) is 5.91 Å². The number of rotatable bonds is 8. The lowest BCUT2D eigenvalue weighted by molar-refractivity contribution is -0.140. The Morgan fingerprint density at radius 3 is 2.54 bits per heavy atom. The molecule has 0 unspecified atom stereocenters. The molecule has 0 bridgehead atoms. The second-order valence-electron chi connectivity index (χ2n) is 5.55. The molecule has 0 aliphatic carbocycles. The molecule has 0 spiro atoms. The van der Waals surface area contributed by atoms with Crippen LogP contribution in [0.3, 0.4) is 0 Å². The van der Waals surface area contributed by atoms with Gasteiger partial charge >= 0.3 is 5.97 Å². The zero-order chi connectivity index (χ0) is 18.1. The van der Waals surface area contributed by atoms with E-state index >= 15 is 0 Å². The van der Waals surface area contributed by atoms with Crippen molar-refractivity contribution in [1.82, 2.24) is 0 Å². The quantitative estimate of drug-likeness (QED) is 0.405. The molecule has 0 aromatic heterocycles. The molecule has 0 heterocycles. The lowest BCUT2D eigenvalue weighted by Gasteiger charge is -2.08. The summed E-state index contributed by atoms with van der Waals surface area (Å²) in [4.78, 5) is 23.2. The van der Waals surface area contributed by atoms with E-state index in [1.54, 1.807) is 23.9 Å². The van der Waals surface area contributed by atoms with Gasteiger partial charge in [0.15, 0.2) is 0 Å². The molecule has 140 valence electrons. The maximum Gasteiger partial charge on any atom is 0.306 e. The smallest absolute Gasteiger partial charge is 0.306 e. The van der Waals surface area contributed by atoms with Gasteiger partial charge in [0.1, 0.15) is 0 Å². The van der Waals surface area contributed by atoms with E-state index in [0.717, 1.165) is 22.6 Å². The van der Waals surface area contributed by atoms with Crippen LogP contribution < -0.4 is 11.1 Å². The van der Waals surface area contributed by atoms with Crippen LogP contribution in [0.5, 0.6) is 0 Å². The van der Waals surface area contributed by atoms with Crippen LogP contribution in [0.2, 0.25) is 0 Å². The molecular weight excluding hydrogens is 372 g/mol. The highest BCUT2D eigenvalue weighted by Crippen LogP contribution is 2.18. The molecule has 3 N–H and O–H groups in total. The van der Waals surface area contributed by atoms with E-state index < -0.39 is 0 Å². The van der Waals surface area contributed by atoms with Crippen LogP contribution in [0.4, 0.5) is 11.4 Å². The number of halogens is 1. The second kappa shape index (κ2) is 11.4. The Hall–Kier alpha value is -2.18. The number of carbonyl (C=O) groups is 2. The van der Waals surface area contributed by atoms with Crippen LogP contribution in [-0.4, -0.2) is 24.7 Å². The third-order valence-corrected chi connectivity index (χ3v) is 4.53. The summed E-state index contributed by atoms with van der Waals surface area (Å²) in [5.41, 5.74) is 9.11. The number of nitrogens with two attached hydrogens (primary N) is 1. The number of hydrogen-bond donors (Lipinski definition) is 2. The minimum Gasteiger partial charge on any atom is -0.469 e. The maximum atomic E-state index is 12.1. The van der Waals surface area contributed by atoms with Crippen LogP contribution in [0.15, 0.2) is 48.5 Å². The molecule has 0 aliphatic heterocycles. The summed E-state index contributed by atoms with van der Waals surface area (Å²) in [6.45, 7) is 0. The van der Waals surface area contributed by atoms with Gasteiger partial charge in [-0.25, -0.2) is 0 Å². The van der Waals surface area contributed by atoms with Crippen LogP contribution >= 0.6 is 24.2 Å². The highest BCUT2D eigenvalue weighted by molar-refractivity contribution is 7.98. The number of ether oxygens (including phenoxy) is 1. The highest BCUT2D eigenvalue weighted by atomic mass is 35.5. The Kier molecular flexibility index (Phi) is 9.62. The van der Waals surface area contributed by atoms with Crippen molar-refractivity contribution in [3.63, 3.8) is 0 Å². The SMILES string of the molecule is COC(=O)CCSCc1cccc(NC(=O)Cc2ccc(N)cc2)c1.Cl. The molecule has 2 aromatic carbocycles. The number of benzene rings is 2. The number of amides is 1. The van der Waals surface area contributed by atoms with Crippen LogP contribution in [0, 0.1) is 0 Å². The van der Waals surface area contributed by atoms with Crippen LogP contribution in [-0.2, 0) is 26.5 Å². The number of nitrogen functional groups attached to an aromatic ring is 1. The van der Waals surface area contributed by atoms with Crippen LogP contribution in [0.1, 0.15) is 17.5 Å². The summed E-state index contributed by atoms with van der Waals surface area (Å²) < 4.78 is 4.61. The third-order valence-electron chi connectivity index (χ3n) is 3.50. The number of hydrogen-bond acceptors (Lipinski definition) is 5. The Bertz CT molecular complexity index is 723. The molecule has 0 aliphatic rings. The molecular formula is C19H23ClN2O3S. The molecule has 0 saturated heterocycles. The van der Waals surface area contributed by atoms with E-state index in [1.165, 1.54) is 7.11 Å². The Morgan fingerprint density at radius 1 is 1.12 bits per heavy atom. The maximum absolute atomic E-state index is 12.1. The minimum absolute atomic E-state index is 0. The molecule has 0 atom stereocenters. The molecule has 0 saturated carbocycles. The molecule has 0 fully saturated rings. The Labute approximate surface area is 164 Å². The van der Waals surface area contributed by atoms with E-state index in [2.05, 4.69) is 10.1 Å². The summed E-state index contributed by atoms with van der Waals surface area (Å²) in [6, 6.07) is 15.0. The van der Waals surface area contributed by atoms with Crippen molar-refractivity contribution >= 4 is 47.4 Å². The predicted molar refractivity (Wildman–Crippen MR) is 110 cm³/mol. The third kappa shape index (κ3) is 7.80. The number of anilines is 2. The van der Waals surface area contributed by atoms with Gasteiger partial charge in [-0.1, -0.05) is 24.3 Å². The van der Waals surface area contributed by atoms with Gasteiger partial charge in [-0.3, -0.25) is 9.59 Å². The van der Waals surface area contributed by atoms with Crippen LogP contribution in [0.25, 0.3) is 0 Å². The first-order chi connectivity index (χ1) is 12.1. The fourth-order valence-corrected chi connectivity index (χ4v) is 3.08. The summed E-state index contributed by atoms with van der Waals surface area (Å²) >= 11 is 1.66. The van der Waals surface area contributed by atoms with Gasteiger partial charge in [-0.2, -0.15) is 11.8 Å². The van der Waals surface area contributed by atoms with Gasteiger partial charge in [-0.05, 0) is 35.4 Å². The van der Waals surface area contributed by atoms with E-state index in [0.29, 0.717) is 24.3 Å². The fraction of sp³-hybridized carbons (Fsp3) is 0.263. The predicted octanol–water partition coefficient (Wildman–Crippen LogP) is 3.67. The van der Waals surface area contributed by atoms with E-state index in [1.807, 2.05) is 36.4 Å². The first-order valence-electron chi connectivity index (χ1n) is 7.94.